The smallest absolute Gasteiger partial charge is 0.154 e. The summed E-state index contributed by atoms with van der Waals surface area (Å²) in [5.74, 6) is -0.0102. The predicted octanol–water partition coefficient (Wildman–Crippen LogP) is 0.202. The van der Waals surface area contributed by atoms with Crippen LogP contribution in [0.5, 0.6) is 0 Å². The molecular weight excluding hydrogens is 170 g/mol. The Morgan fingerprint density at radius 2 is 2.00 bits per heavy atom. The number of hydrogen-bond donors (Lipinski definition) is 1. The Morgan fingerprint density at radius 3 is 2.46 bits per heavy atom. The average Bonchev–Trinajstić information content (AvgIpc) is 2.13. The van der Waals surface area contributed by atoms with E-state index in [0.717, 1.165) is 0 Å². The second-order valence-corrected chi connectivity index (χ2v) is 3.15. The standard InChI is InChI=1S/C9H19NO3/c1-7(4-5-12-2)9(11)8(10)6-13-3/h7-8H,4-6,10H2,1-3H3. The third kappa shape index (κ3) is 4.98. The highest BCUT2D eigenvalue weighted by Gasteiger charge is 2.19. The fourth-order valence-corrected chi connectivity index (χ4v) is 1.06. The molecule has 0 aromatic rings. The van der Waals surface area contributed by atoms with Crippen LogP contribution in [0.25, 0.3) is 0 Å². The van der Waals surface area contributed by atoms with Crippen LogP contribution in [0.3, 0.4) is 0 Å². The highest BCUT2D eigenvalue weighted by molar-refractivity contribution is 5.85. The van der Waals surface area contributed by atoms with Crippen LogP contribution in [0.4, 0.5) is 0 Å². The largest absolute Gasteiger partial charge is 0.385 e. The predicted molar refractivity (Wildman–Crippen MR) is 50.5 cm³/mol. The molecule has 0 fully saturated rings. The van der Waals surface area contributed by atoms with E-state index >= 15 is 0 Å². The van der Waals surface area contributed by atoms with E-state index in [2.05, 4.69) is 0 Å². The molecule has 0 amide bonds. The monoisotopic (exact) mass is 189 g/mol. The minimum atomic E-state index is -0.503. The molecule has 0 aliphatic rings. The van der Waals surface area contributed by atoms with Gasteiger partial charge in [0.05, 0.1) is 12.6 Å². The minimum absolute atomic E-state index is 0.0406. The minimum Gasteiger partial charge on any atom is -0.385 e. The molecule has 0 bridgehead atoms. The number of hydrogen-bond acceptors (Lipinski definition) is 4. The van der Waals surface area contributed by atoms with Crippen LogP contribution in [-0.4, -0.2) is 39.3 Å². The first-order valence-corrected chi connectivity index (χ1v) is 4.40. The van der Waals surface area contributed by atoms with Gasteiger partial charge >= 0.3 is 0 Å². The molecule has 0 heterocycles. The van der Waals surface area contributed by atoms with Crippen molar-refractivity contribution in [1.29, 1.82) is 0 Å². The highest BCUT2D eigenvalue weighted by Crippen LogP contribution is 2.05. The van der Waals surface area contributed by atoms with E-state index in [0.29, 0.717) is 13.0 Å². The van der Waals surface area contributed by atoms with Crippen molar-refractivity contribution >= 4 is 5.78 Å². The van der Waals surface area contributed by atoms with E-state index < -0.39 is 6.04 Å². The number of nitrogens with two attached hydrogens (primary N) is 1. The molecule has 0 aliphatic carbocycles. The molecule has 78 valence electrons. The summed E-state index contributed by atoms with van der Waals surface area (Å²) < 4.78 is 9.68. The third-order valence-electron chi connectivity index (χ3n) is 1.95. The summed E-state index contributed by atoms with van der Waals surface area (Å²) >= 11 is 0. The van der Waals surface area contributed by atoms with E-state index in [9.17, 15) is 4.79 Å². The summed E-state index contributed by atoms with van der Waals surface area (Å²) in [6, 6.07) is -0.503. The summed E-state index contributed by atoms with van der Waals surface area (Å²) in [6.45, 7) is 2.74. The molecule has 0 aromatic carbocycles. The van der Waals surface area contributed by atoms with E-state index in [1.807, 2.05) is 6.92 Å². The van der Waals surface area contributed by atoms with Crippen LogP contribution in [0.2, 0.25) is 0 Å². The van der Waals surface area contributed by atoms with Gasteiger partial charge in [0, 0.05) is 26.7 Å². The summed E-state index contributed by atoms with van der Waals surface area (Å²) in [4.78, 5) is 11.5. The highest BCUT2D eigenvalue weighted by atomic mass is 16.5. The van der Waals surface area contributed by atoms with E-state index in [-0.39, 0.29) is 18.3 Å². The van der Waals surface area contributed by atoms with Gasteiger partial charge in [-0.3, -0.25) is 4.79 Å². The maximum absolute atomic E-state index is 11.5. The van der Waals surface area contributed by atoms with Crippen LogP contribution in [0.15, 0.2) is 0 Å². The van der Waals surface area contributed by atoms with Gasteiger partial charge in [0.1, 0.15) is 0 Å². The molecule has 2 N–H and O–H groups in total. The third-order valence-corrected chi connectivity index (χ3v) is 1.95. The lowest BCUT2D eigenvalue weighted by molar-refractivity contribution is -0.125. The first-order valence-electron chi connectivity index (χ1n) is 4.40. The van der Waals surface area contributed by atoms with Crippen molar-refractivity contribution in [2.45, 2.75) is 19.4 Å². The fourth-order valence-electron chi connectivity index (χ4n) is 1.06. The van der Waals surface area contributed by atoms with Crippen molar-refractivity contribution in [2.75, 3.05) is 27.4 Å². The Hall–Kier alpha value is -0.450. The summed E-state index contributed by atoms with van der Waals surface area (Å²) in [7, 11) is 3.15. The topological polar surface area (TPSA) is 61.5 Å². The average molecular weight is 189 g/mol. The number of carbonyl (C=O) groups excluding carboxylic acids is 1. The molecule has 13 heavy (non-hydrogen) atoms. The molecule has 0 rings (SSSR count). The molecule has 0 aliphatic heterocycles. The second-order valence-electron chi connectivity index (χ2n) is 3.15. The van der Waals surface area contributed by atoms with Gasteiger partial charge < -0.3 is 15.2 Å². The molecule has 0 saturated heterocycles. The number of ketones is 1. The Labute approximate surface area is 79.4 Å². The maximum Gasteiger partial charge on any atom is 0.154 e. The second kappa shape index (κ2) is 7.00. The molecule has 0 aromatic heterocycles. The molecule has 4 heteroatoms. The molecule has 4 nitrogen and oxygen atoms in total. The summed E-state index contributed by atoms with van der Waals surface area (Å²) in [5, 5.41) is 0. The molecule has 0 spiro atoms. The van der Waals surface area contributed by atoms with Crippen LogP contribution in [-0.2, 0) is 14.3 Å². The van der Waals surface area contributed by atoms with Crippen molar-refractivity contribution in [2.24, 2.45) is 11.7 Å². The Balaban J connectivity index is 3.79. The van der Waals surface area contributed by atoms with Gasteiger partial charge in [-0.1, -0.05) is 6.92 Å². The fraction of sp³-hybridized carbons (Fsp3) is 0.889. The molecule has 0 radical (unpaired) electrons. The van der Waals surface area contributed by atoms with Crippen molar-refractivity contribution in [3.8, 4) is 0 Å². The normalized spacial score (nSPS) is 15.4. The lowest BCUT2D eigenvalue weighted by Gasteiger charge is -2.14. The molecular formula is C9H19NO3. The maximum atomic E-state index is 11.5. The van der Waals surface area contributed by atoms with Gasteiger partial charge in [0.25, 0.3) is 0 Å². The summed E-state index contributed by atoms with van der Waals surface area (Å²) in [5.41, 5.74) is 5.59. The molecule has 2 atom stereocenters. The van der Waals surface area contributed by atoms with Crippen LogP contribution < -0.4 is 5.73 Å². The lowest BCUT2D eigenvalue weighted by atomic mass is 9.98. The number of rotatable bonds is 7. The van der Waals surface area contributed by atoms with Gasteiger partial charge in [-0.15, -0.1) is 0 Å². The first-order chi connectivity index (χ1) is 6.13. The van der Waals surface area contributed by atoms with Crippen LogP contribution in [0.1, 0.15) is 13.3 Å². The van der Waals surface area contributed by atoms with Crippen molar-refractivity contribution in [3.05, 3.63) is 0 Å². The quantitative estimate of drug-likeness (QED) is 0.621. The summed E-state index contributed by atoms with van der Waals surface area (Å²) in [6.07, 6.45) is 0.715. The molecule has 2 unspecified atom stereocenters. The zero-order valence-electron chi connectivity index (χ0n) is 8.58. The lowest BCUT2D eigenvalue weighted by Crippen LogP contribution is -2.38. The number of carbonyl (C=O) groups is 1. The van der Waals surface area contributed by atoms with E-state index in [4.69, 9.17) is 15.2 Å². The van der Waals surface area contributed by atoms with Gasteiger partial charge in [-0.25, -0.2) is 0 Å². The Kier molecular flexibility index (Phi) is 6.76. The van der Waals surface area contributed by atoms with Crippen LogP contribution in [0, 0.1) is 5.92 Å². The molecule has 0 saturated carbocycles. The Bertz CT molecular complexity index is 150. The number of methoxy groups -OCH3 is 2. The van der Waals surface area contributed by atoms with Crippen molar-refractivity contribution in [1.82, 2.24) is 0 Å². The van der Waals surface area contributed by atoms with E-state index in [1.54, 1.807) is 7.11 Å². The van der Waals surface area contributed by atoms with E-state index in [1.165, 1.54) is 7.11 Å². The zero-order chi connectivity index (χ0) is 10.3. The first kappa shape index (κ1) is 12.6. The number of Topliss-reactive ketones (excluding diaryl/α,β-unsaturated/α-hetero) is 1. The van der Waals surface area contributed by atoms with Gasteiger partial charge in [-0.05, 0) is 6.42 Å². The number of ether oxygens (including phenoxy) is 2. The SMILES string of the molecule is COCCC(C)C(=O)C(N)COC. The van der Waals surface area contributed by atoms with Crippen molar-refractivity contribution in [3.63, 3.8) is 0 Å². The zero-order valence-corrected chi connectivity index (χ0v) is 8.58. The van der Waals surface area contributed by atoms with Crippen molar-refractivity contribution < 1.29 is 14.3 Å². The Morgan fingerprint density at radius 1 is 1.38 bits per heavy atom. The van der Waals surface area contributed by atoms with Gasteiger partial charge in [0.2, 0.25) is 0 Å². The van der Waals surface area contributed by atoms with Crippen LogP contribution >= 0.6 is 0 Å². The van der Waals surface area contributed by atoms with Gasteiger partial charge in [0.15, 0.2) is 5.78 Å². The van der Waals surface area contributed by atoms with Gasteiger partial charge in [-0.2, -0.15) is 0 Å².